The van der Waals surface area contributed by atoms with Crippen LogP contribution in [0.1, 0.15) is 33.1 Å². The Morgan fingerprint density at radius 1 is 1.25 bits per heavy atom. The zero-order valence-electron chi connectivity index (χ0n) is 12.3. The van der Waals surface area contributed by atoms with E-state index >= 15 is 0 Å². The van der Waals surface area contributed by atoms with Gasteiger partial charge in [-0.05, 0) is 26.7 Å². The van der Waals surface area contributed by atoms with E-state index in [9.17, 15) is 13.2 Å². The summed E-state index contributed by atoms with van der Waals surface area (Å²) in [4.78, 5) is 14.2. The average molecular weight is 304 g/mol. The van der Waals surface area contributed by atoms with E-state index in [4.69, 9.17) is 4.74 Å². The van der Waals surface area contributed by atoms with Crippen LogP contribution in [0.25, 0.3) is 0 Å². The van der Waals surface area contributed by atoms with Crippen molar-refractivity contribution in [2.45, 2.75) is 38.6 Å². The van der Waals surface area contributed by atoms with Crippen LogP contribution in [0.15, 0.2) is 0 Å². The number of amides is 1. The highest BCUT2D eigenvalue weighted by atomic mass is 32.2. The maximum atomic E-state index is 12.3. The molecule has 116 valence electrons. The molecule has 0 bridgehead atoms. The molecular weight excluding hydrogens is 280 g/mol. The third kappa shape index (κ3) is 2.84. The first kappa shape index (κ1) is 15.7. The van der Waals surface area contributed by atoms with Crippen LogP contribution in [-0.4, -0.2) is 67.7 Å². The lowest BCUT2D eigenvalue weighted by Crippen LogP contribution is -2.58. The van der Waals surface area contributed by atoms with Crippen molar-refractivity contribution in [3.05, 3.63) is 0 Å². The molecule has 2 fully saturated rings. The van der Waals surface area contributed by atoms with Crippen LogP contribution in [0.2, 0.25) is 0 Å². The monoisotopic (exact) mass is 304 g/mol. The van der Waals surface area contributed by atoms with Crippen molar-refractivity contribution in [2.75, 3.05) is 38.6 Å². The van der Waals surface area contributed by atoms with Crippen molar-refractivity contribution in [2.24, 2.45) is 0 Å². The second-order valence-electron chi connectivity index (χ2n) is 5.46. The highest BCUT2D eigenvalue weighted by Gasteiger charge is 2.45. The number of likely N-dealkylation sites (N-methyl/N-ethyl adjacent to an activating group) is 1. The molecule has 0 aromatic carbocycles. The summed E-state index contributed by atoms with van der Waals surface area (Å²) >= 11 is 0. The minimum atomic E-state index is -3.26. The standard InChI is InChI=1S/C13H24N2O4S/c1-3-15-12(16)5-8-14(20(17,18)4-2)11-13(15)6-9-19-10-7-13/h3-11H2,1-2H3. The summed E-state index contributed by atoms with van der Waals surface area (Å²) in [7, 11) is -3.26. The maximum absolute atomic E-state index is 12.3. The molecule has 6 nitrogen and oxygen atoms in total. The number of hydrogen-bond donors (Lipinski definition) is 0. The molecule has 0 N–H and O–H groups in total. The van der Waals surface area contributed by atoms with Gasteiger partial charge in [-0.2, -0.15) is 4.31 Å². The quantitative estimate of drug-likeness (QED) is 0.759. The van der Waals surface area contributed by atoms with Crippen molar-refractivity contribution >= 4 is 15.9 Å². The van der Waals surface area contributed by atoms with Gasteiger partial charge in [0.2, 0.25) is 15.9 Å². The smallest absolute Gasteiger partial charge is 0.224 e. The minimum absolute atomic E-state index is 0.0585. The van der Waals surface area contributed by atoms with Gasteiger partial charge in [0.1, 0.15) is 0 Å². The molecule has 1 spiro atoms. The number of carbonyl (C=O) groups excluding carboxylic acids is 1. The predicted octanol–water partition coefficient (Wildman–Crippen LogP) is 0.440. The van der Waals surface area contributed by atoms with E-state index in [1.807, 2.05) is 11.8 Å². The Labute approximate surface area is 121 Å². The second kappa shape index (κ2) is 5.99. The Morgan fingerprint density at radius 2 is 1.90 bits per heavy atom. The van der Waals surface area contributed by atoms with Gasteiger partial charge in [-0.1, -0.05) is 0 Å². The third-order valence-electron chi connectivity index (χ3n) is 4.42. The summed E-state index contributed by atoms with van der Waals surface area (Å²) in [5.41, 5.74) is -0.386. The second-order valence-corrected chi connectivity index (χ2v) is 7.72. The molecule has 0 aliphatic carbocycles. The van der Waals surface area contributed by atoms with Crippen LogP contribution >= 0.6 is 0 Å². The number of hydrogen-bond acceptors (Lipinski definition) is 4. The molecule has 0 aromatic rings. The van der Waals surface area contributed by atoms with Crippen molar-refractivity contribution in [3.63, 3.8) is 0 Å². The Morgan fingerprint density at radius 3 is 2.45 bits per heavy atom. The summed E-state index contributed by atoms with van der Waals surface area (Å²) in [6.07, 6.45) is 1.69. The van der Waals surface area contributed by atoms with E-state index in [2.05, 4.69) is 0 Å². The van der Waals surface area contributed by atoms with Gasteiger partial charge in [0.25, 0.3) is 0 Å². The van der Waals surface area contributed by atoms with Gasteiger partial charge in [-0.25, -0.2) is 8.42 Å². The SMILES string of the molecule is CCN1C(=O)CCN(S(=O)(=O)CC)CC12CCOCC2. The number of sulfonamides is 1. The van der Waals surface area contributed by atoms with Crippen molar-refractivity contribution in [1.29, 1.82) is 0 Å². The molecule has 2 heterocycles. The van der Waals surface area contributed by atoms with Crippen LogP contribution in [0.4, 0.5) is 0 Å². The van der Waals surface area contributed by atoms with Gasteiger partial charge in [0.15, 0.2) is 0 Å². The van der Waals surface area contributed by atoms with Gasteiger partial charge in [-0.15, -0.1) is 0 Å². The van der Waals surface area contributed by atoms with Gasteiger partial charge >= 0.3 is 0 Å². The van der Waals surface area contributed by atoms with Crippen LogP contribution in [0.3, 0.4) is 0 Å². The molecule has 2 saturated heterocycles. The number of carbonyl (C=O) groups is 1. The fourth-order valence-electron chi connectivity index (χ4n) is 3.22. The Hall–Kier alpha value is -0.660. The van der Waals surface area contributed by atoms with Gasteiger partial charge < -0.3 is 9.64 Å². The van der Waals surface area contributed by atoms with Crippen LogP contribution in [0.5, 0.6) is 0 Å². The van der Waals surface area contributed by atoms with E-state index < -0.39 is 10.0 Å². The fraction of sp³-hybridized carbons (Fsp3) is 0.923. The van der Waals surface area contributed by atoms with Crippen molar-refractivity contribution < 1.29 is 17.9 Å². The van der Waals surface area contributed by atoms with Crippen LogP contribution in [0, 0.1) is 0 Å². The number of rotatable bonds is 3. The molecule has 1 amide bonds. The molecule has 2 rings (SSSR count). The Kier molecular flexibility index (Phi) is 4.71. The topological polar surface area (TPSA) is 66.9 Å². The van der Waals surface area contributed by atoms with Gasteiger partial charge in [-0.3, -0.25) is 4.79 Å². The highest BCUT2D eigenvalue weighted by molar-refractivity contribution is 7.89. The number of ether oxygens (including phenoxy) is 1. The molecule has 7 heteroatoms. The lowest BCUT2D eigenvalue weighted by molar-refractivity contribution is -0.139. The summed E-state index contributed by atoms with van der Waals surface area (Å²) in [5, 5.41) is 0. The molecule has 0 saturated carbocycles. The lowest BCUT2D eigenvalue weighted by Gasteiger charge is -2.46. The molecule has 0 atom stereocenters. The fourth-order valence-corrected chi connectivity index (χ4v) is 4.40. The summed E-state index contributed by atoms with van der Waals surface area (Å²) in [6, 6.07) is 0. The molecule has 0 unspecified atom stereocenters. The van der Waals surface area contributed by atoms with E-state index in [0.717, 1.165) is 0 Å². The lowest BCUT2D eigenvalue weighted by atomic mass is 9.88. The zero-order valence-corrected chi connectivity index (χ0v) is 13.1. The van der Waals surface area contributed by atoms with E-state index in [1.54, 1.807) is 6.92 Å². The summed E-state index contributed by atoms with van der Waals surface area (Å²) in [5.74, 6) is 0.142. The Bertz CT molecular complexity index is 457. The maximum Gasteiger partial charge on any atom is 0.224 e. The summed E-state index contributed by atoms with van der Waals surface area (Å²) < 4.78 is 31.3. The van der Waals surface area contributed by atoms with E-state index in [0.29, 0.717) is 45.7 Å². The third-order valence-corrected chi connectivity index (χ3v) is 6.25. The van der Waals surface area contributed by atoms with Gasteiger partial charge in [0.05, 0.1) is 11.3 Å². The Balaban J connectivity index is 2.34. The first-order chi connectivity index (χ1) is 9.45. The first-order valence-electron chi connectivity index (χ1n) is 7.31. The normalized spacial score (nSPS) is 24.9. The molecule has 20 heavy (non-hydrogen) atoms. The van der Waals surface area contributed by atoms with E-state index in [1.165, 1.54) is 4.31 Å². The molecule has 0 radical (unpaired) electrons. The molecule has 0 aromatic heterocycles. The molecular formula is C13H24N2O4S. The largest absolute Gasteiger partial charge is 0.381 e. The highest BCUT2D eigenvalue weighted by Crippen LogP contribution is 2.32. The van der Waals surface area contributed by atoms with E-state index in [-0.39, 0.29) is 23.6 Å². The van der Waals surface area contributed by atoms with Crippen LogP contribution in [-0.2, 0) is 19.6 Å². The molecule has 2 aliphatic rings. The van der Waals surface area contributed by atoms with Crippen molar-refractivity contribution in [3.8, 4) is 0 Å². The average Bonchev–Trinajstić information content (AvgIpc) is 2.57. The minimum Gasteiger partial charge on any atom is -0.381 e. The predicted molar refractivity (Wildman–Crippen MR) is 75.8 cm³/mol. The molecule has 2 aliphatic heterocycles. The number of nitrogens with zero attached hydrogens (tertiary/aromatic N) is 2. The van der Waals surface area contributed by atoms with Crippen molar-refractivity contribution in [1.82, 2.24) is 9.21 Å². The first-order valence-corrected chi connectivity index (χ1v) is 8.92. The van der Waals surface area contributed by atoms with Gasteiger partial charge in [0, 0.05) is 39.3 Å². The van der Waals surface area contributed by atoms with Crippen LogP contribution < -0.4 is 0 Å². The summed E-state index contributed by atoms with van der Waals surface area (Å²) in [6.45, 7) is 6.11. The zero-order chi connectivity index (χ0) is 14.8.